The molecule has 2 fully saturated rings. The molecule has 0 aromatic rings. The van der Waals surface area contributed by atoms with Crippen LogP contribution in [-0.4, -0.2) is 35.3 Å². The summed E-state index contributed by atoms with van der Waals surface area (Å²) in [6, 6.07) is -0.499. The molecule has 1 N–H and O–H groups in total. The standard InChI is InChI=1S/C8H12N2O2/c1-5-8(12)10-4-2-3-6(10)7(11)9-5/h5-6H,2-4H2,1H3,(H,9,11)/t5-,6+/m1/s1. The fraction of sp³-hybridized carbons (Fsp3) is 0.750. The lowest BCUT2D eigenvalue weighted by Gasteiger charge is -2.32. The highest BCUT2D eigenvalue weighted by Gasteiger charge is 2.40. The minimum absolute atomic E-state index is 0.0135. The molecule has 66 valence electrons. The summed E-state index contributed by atoms with van der Waals surface area (Å²) in [5, 5.41) is 2.67. The topological polar surface area (TPSA) is 49.4 Å². The van der Waals surface area contributed by atoms with Crippen molar-refractivity contribution >= 4 is 11.8 Å². The zero-order chi connectivity index (χ0) is 8.72. The third-order valence-corrected chi connectivity index (χ3v) is 2.57. The van der Waals surface area contributed by atoms with Gasteiger partial charge in [0.25, 0.3) is 0 Å². The van der Waals surface area contributed by atoms with Gasteiger partial charge in [-0.15, -0.1) is 0 Å². The number of fused-ring (bicyclic) bond motifs is 1. The molecule has 2 aliphatic rings. The molecule has 0 radical (unpaired) electrons. The van der Waals surface area contributed by atoms with E-state index in [0.29, 0.717) is 0 Å². The second-order valence-corrected chi connectivity index (χ2v) is 3.42. The number of nitrogens with zero attached hydrogens (tertiary/aromatic N) is 1. The van der Waals surface area contributed by atoms with Gasteiger partial charge in [0.1, 0.15) is 12.1 Å². The number of nitrogens with one attached hydrogen (secondary N) is 1. The number of hydrogen-bond acceptors (Lipinski definition) is 2. The first kappa shape index (κ1) is 7.58. The highest BCUT2D eigenvalue weighted by molar-refractivity contribution is 5.97. The summed E-state index contributed by atoms with van der Waals surface area (Å²) < 4.78 is 0. The van der Waals surface area contributed by atoms with E-state index in [2.05, 4.69) is 5.32 Å². The van der Waals surface area contributed by atoms with Crippen LogP contribution in [0.2, 0.25) is 0 Å². The summed E-state index contributed by atoms with van der Waals surface area (Å²) >= 11 is 0. The zero-order valence-electron chi connectivity index (χ0n) is 7.04. The van der Waals surface area contributed by atoms with Gasteiger partial charge in [-0.25, -0.2) is 0 Å². The molecular formula is C8H12N2O2. The van der Waals surface area contributed by atoms with E-state index in [9.17, 15) is 9.59 Å². The Labute approximate surface area is 70.9 Å². The van der Waals surface area contributed by atoms with Crippen LogP contribution >= 0.6 is 0 Å². The van der Waals surface area contributed by atoms with Gasteiger partial charge in [-0.3, -0.25) is 9.59 Å². The van der Waals surface area contributed by atoms with Crippen molar-refractivity contribution in [2.75, 3.05) is 6.54 Å². The van der Waals surface area contributed by atoms with Crippen molar-refractivity contribution in [3.05, 3.63) is 0 Å². The lowest BCUT2D eigenvalue weighted by molar-refractivity contribution is -0.146. The van der Waals surface area contributed by atoms with Crippen molar-refractivity contribution in [3.63, 3.8) is 0 Å². The molecule has 2 heterocycles. The summed E-state index contributed by atoms with van der Waals surface area (Å²) in [4.78, 5) is 24.5. The molecule has 12 heavy (non-hydrogen) atoms. The maximum atomic E-state index is 11.5. The third kappa shape index (κ3) is 0.906. The first-order valence-electron chi connectivity index (χ1n) is 4.31. The van der Waals surface area contributed by atoms with Gasteiger partial charge in [0.2, 0.25) is 11.8 Å². The van der Waals surface area contributed by atoms with Crippen molar-refractivity contribution in [2.45, 2.75) is 31.8 Å². The lowest BCUT2D eigenvalue weighted by Crippen LogP contribution is -2.59. The van der Waals surface area contributed by atoms with Crippen molar-refractivity contribution in [1.29, 1.82) is 0 Å². The number of piperazine rings is 1. The Morgan fingerprint density at radius 1 is 1.50 bits per heavy atom. The van der Waals surface area contributed by atoms with E-state index < -0.39 is 0 Å². The van der Waals surface area contributed by atoms with Gasteiger partial charge in [-0.05, 0) is 19.8 Å². The van der Waals surface area contributed by atoms with E-state index in [4.69, 9.17) is 0 Å². The summed E-state index contributed by atoms with van der Waals surface area (Å²) in [6.45, 7) is 2.48. The number of carbonyl (C=O) groups excluding carboxylic acids is 2. The Balaban J connectivity index is 2.23. The lowest BCUT2D eigenvalue weighted by atomic mass is 10.1. The largest absolute Gasteiger partial charge is 0.343 e. The fourth-order valence-electron chi connectivity index (χ4n) is 1.92. The van der Waals surface area contributed by atoms with Crippen LogP contribution in [0.4, 0.5) is 0 Å². The molecule has 2 rings (SSSR count). The zero-order valence-corrected chi connectivity index (χ0v) is 7.04. The molecule has 2 amide bonds. The van der Waals surface area contributed by atoms with E-state index in [0.717, 1.165) is 19.4 Å². The van der Waals surface area contributed by atoms with Crippen molar-refractivity contribution in [3.8, 4) is 0 Å². The Bertz CT molecular complexity index is 239. The summed E-state index contributed by atoms with van der Waals surface area (Å²) in [7, 11) is 0. The predicted octanol–water partition coefficient (Wildman–Crippen LogP) is -0.504. The van der Waals surface area contributed by atoms with E-state index in [1.807, 2.05) is 0 Å². The maximum Gasteiger partial charge on any atom is 0.245 e. The van der Waals surface area contributed by atoms with Crippen LogP contribution in [0.5, 0.6) is 0 Å². The summed E-state index contributed by atoms with van der Waals surface area (Å²) in [5.74, 6) is 0.0803. The number of amides is 2. The minimum Gasteiger partial charge on any atom is -0.343 e. The Hall–Kier alpha value is -1.06. The fourth-order valence-corrected chi connectivity index (χ4v) is 1.92. The molecule has 0 bridgehead atoms. The molecule has 4 nitrogen and oxygen atoms in total. The molecule has 2 saturated heterocycles. The second kappa shape index (κ2) is 2.47. The normalized spacial score (nSPS) is 34.9. The van der Waals surface area contributed by atoms with Crippen molar-refractivity contribution in [2.24, 2.45) is 0 Å². The molecule has 0 spiro atoms. The van der Waals surface area contributed by atoms with Gasteiger partial charge in [0.15, 0.2) is 0 Å². The van der Waals surface area contributed by atoms with Crippen LogP contribution in [0.3, 0.4) is 0 Å². The Morgan fingerprint density at radius 2 is 2.25 bits per heavy atom. The second-order valence-electron chi connectivity index (χ2n) is 3.42. The number of hydrogen-bond donors (Lipinski definition) is 1. The van der Waals surface area contributed by atoms with Crippen LogP contribution in [0, 0.1) is 0 Å². The van der Waals surface area contributed by atoms with Crippen molar-refractivity contribution in [1.82, 2.24) is 10.2 Å². The minimum atomic E-state index is -0.327. The molecule has 0 unspecified atom stereocenters. The van der Waals surface area contributed by atoms with Crippen LogP contribution in [0.1, 0.15) is 19.8 Å². The SMILES string of the molecule is C[C@H]1NC(=O)[C@@H]2CCCN2C1=O. The highest BCUT2D eigenvalue weighted by atomic mass is 16.2. The summed E-state index contributed by atoms with van der Waals surface area (Å²) in [5.41, 5.74) is 0. The monoisotopic (exact) mass is 168 g/mol. The van der Waals surface area contributed by atoms with E-state index in [1.165, 1.54) is 0 Å². The molecular weight excluding hydrogens is 156 g/mol. The van der Waals surface area contributed by atoms with Gasteiger partial charge in [0.05, 0.1) is 0 Å². The smallest absolute Gasteiger partial charge is 0.245 e. The molecule has 2 atom stereocenters. The van der Waals surface area contributed by atoms with Gasteiger partial charge in [0, 0.05) is 6.54 Å². The quantitative estimate of drug-likeness (QED) is 0.530. The average Bonchev–Trinajstić information content (AvgIpc) is 2.48. The number of carbonyl (C=O) groups is 2. The Kier molecular flexibility index (Phi) is 1.56. The number of rotatable bonds is 0. The van der Waals surface area contributed by atoms with Crippen molar-refractivity contribution < 1.29 is 9.59 Å². The van der Waals surface area contributed by atoms with Crippen LogP contribution in [0.15, 0.2) is 0 Å². The van der Waals surface area contributed by atoms with E-state index in [1.54, 1.807) is 11.8 Å². The molecule has 0 saturated carbocycles. The van der Waals surface area contributed by atoms with Gasteiger partial charge in [-0.1, -0.05) is 0 Å². The molecule has 0 aromatic carbocycles. The summed E-state index contributed by atoms with van der Waals surface area (Å²) in [6.07, 6.45) is 1.78. The average molecular weight is 168 g/mol. The van der Waals surface area contributed by atoms with Gasteiger partial charge >= 0.3 is 0 Å². The molecule has 0 aromatic heterocycles. The molecule has 0 aliphatic carbocycles. The van der Waals surface area contributed by atoms with Gasteiger partial charge < -0.3 is 10.2 Å². The van der Waals surface area contributed by atoms with Crippen LogP contribution in [0.25, 0.3) is 0 Å². The predicted molar refractivity (Wildman–Crippen MR) is 42.3 cm³/mol. The van der Waals surface area contributed by atoms with E-state index >= 15 is 0 Å². The van der Waals surface area contributed by atoms with Crippen LogP contribution in [-0.2, 0) is 9.59 Å². The van der Waals surface area contributed by atoms with E-state index in [-0.39, 0.29) is 23.9 Å². The Morgan fingerprint density at radius 3 is 3.00 bits per heavy atom. The van der Waals surface area contributed by atoms with Crippen LogP contribution < -0.4 is 5.32 Å². The maximum absolute atomic E-state index is 11.5. The third-order valence-electron chi connectivity index (χ3n) is 2.57. The van der Waals surface area contributed by atoms with Gasteiger partial charge in [-0.2, -0.15) is 0 Å². The first-order chi connectivity index (χ1) is 5.70. The highest BCUT2D eigenvalue weighted by Crippen LogP contribution is 2.21. The molecule has 2 aliphatic heterocycles. The first-order valence-corrected chi connectivity index (χ1v) is 4.31. The molecule has 4 heteroatoms.